The summed E-state index contributed by atoms with van der Waals surface area (Å²) >= 11 is 0. The molecule has 0 aromatic carbocycles. The molecule has 0 rings (SSSR count). The molecular weight excluding hydrogens is 140 g/mol. The van der Waals surface area contributed by atoms with Crippen LogP contribution >= 0.6 is 0 Å². The van der Waals surface area contributed by atoms with Gasteiger partial charge in [-0.05, 0) is 20.3 Å². The summed E-state index contributed by atoms with van der Waals surface area (Å²) in [4.78, 5) is 10.9. The molecule has 0 unspecified atom stereocenters. The monoisotopic (exact) mass is 156 g/mol. The SMILES string of the molecule is COC(=O)[C@@H](C)CC=C(C)C. The smallest absolute Gasteiger partial charge is 0.308 e. The van der Waals surface area contributed by atoms with Crippen LogP contribution < -0.4 is 0 Å². The highest BCUT2D eigenvalue weighted by Crippen LogP contribution is 2.06. The maximum Gasteiger partial charge on any atom is 0.308 e. The van der Waals surface area contributed by atoms with Crippen molar-refractivity contribution < 1.29 is 9.53 Å². The second kappa shape index (κ2) is 4.94. The standard InChI is InChI=1S/C9H16O2/c1-7(2)5-6-8(3)9(10)11-4/h5,8H,6H2,1-4H3/t8-/m0/s1. The first-order valence-corrected chi connectivity index (χ1v) is 3.79. The van der Waals surface area contributed by atoms with Crippen molar-refractivity contribution >= 4 is 5.97 Å². The van der Waals surface area contributed by atoms with Gasteiger partial charge in [0.05, 0.1) is 13.0 Å². The molecule has 64 valence electrons. The minimum atomic E-state index is -0.137. The second-order valence-electron chi connectivity index (χ2n) is 2.94. The Morgan fingerprint density at radius 1 is 1.55 bits per heavy atom. The van der Waals surface area contributed by atoms with E-state index in [1.54, 1.807) is 0 Å². The minimum Gasteiger partial charge on any atom is -0.469 e. The Morgan fingerprint density at radius 3 is 2.45 bits per heavy atom. The van der Waals surface area contributed by atoms with Crippen LogP contribution in [0.25, 0.3) is 0 Å². The first-order valence-electron chi connectivity index (χ1n) is 3.79. The molecule has 0 aliphatic carbocycles. The van der Waals surface area contributed by atoms with Gasteiger partial charge >= 0.3 is 5.97 Å². The van der Waals surface area contributed by atoms with E-state index in [0.717, 1.165) is 6.42 Å². The fourth-order valence-corrected chi connectivity index (χ4v) is 0.710. The predicted molar refractivity (Wildman–Crippen MR) is 45.2 cm³/mol. The average Bonchev–Trinajstić information content (AvgIpc) is 1.98. The molecule has 0 bridgehead atoms. The Hall–Kier alpha value is -0.790. The Balaban J connectivity index is 3.78. The molecule has 0 fully saturated rings. The van der Waals surface area contributed by atoms with Crippen molar-refractivity contribution in [2.24, 2.45) is 5.92 Å². The summed E-state index contributed by atoms with van der Waals surface area (Å²) in [5.74, 6) is -0.155. The highest BCUT2D eigenvalue weighted by molar-refractivity contribution is 5.71. The van der Waals surface area contributed by atoms with Gasteiger partial charge in [-0.3, -0.25) is 4.79 Å². The Kier molecular flexibility index (Phi) is 4.59. The molecule has 0 spiro atoms. The van der Waals surface area contributed by atoms with Crippen molar-refractivity contribution in [2.45, 2.75) is 27.2 Å². The number of hydrogen-bond acceptors (Lipinski definition) is 2. The van der Waals surface area contributed by atoms with Crippen LogP contribution in [0.2, 0.25) is 0 Å². The molecule has 0 radical (unpaired) electrons. The van der Waals surface area contributed by atoms with E-state index in [1.165, 1.54) is 12.7 Å². The summed E-state index contributed by atoms with van der Waals surface area (Å²) in [6, 6.07) is 0. The minimum absolute atomic E-state index is 0.0186. The van der Waals surface area contributed by atoms with Gasteiger partial charge in [0.1, 0.15) is 0 Å². The molecule has 0 heterocycles. The normalized spacial score (nSPS) is 12.0. The van der Waals surface area contributed by atoms with Gasteiger partial charge in [-0.2, -0.15) is 0 Å². The number of hydrogen-bond donors (Lipinski definition) is 0. The first-order chi connectivity index (χ1) is 5.07. The lowest BCUT2D eigenvalue weighted by Gasteiger charge is -2.05. The quantitative estimate of drug-likeness (QED) is 0.462. The molecule has 0 N–H and O–H groups in total. The molecule has 11 heavy (non-hydrogen) atoms. The number of allylic oxidation sites excluding steroid dienone is 2. The van der Waals surface area contributed by atoms with Crippen molar-refractivity contribution in [3.8, 4) is 0 Å². The van der Waals surface area contributed by atoms with Crippen LogP contribution in [0.5, 0.6) is 0 Å². The van der Waals surface area contributed by atoms with Crippen LogP contribution in [0, 0.1) is 5.92 Å². The molecule has 1 atom stereocenters. The second-order valence-corrected chi connectivity index (χ2v) is 2.94. The summed E-state index contributed by atoms with van der Waals surface area (Å²) < 4.78 is 4.58. The molecule has 2 nitrogen and oxygen atoms in total. The van der Waals surface area contributed by atoms with E-state index in [4.69, 9.17) is 0 Å². The maximum atomic E-state index is 10.9. The highest BCUT2D eigenvalue weighted by atomic mass is 16.5. The number of ether oxygens (including phenoxy) is 1. The van der Waals surface area contributed by atoms with Gasteiger partial charge in [-0.25, -0.2) is 0 Å². The topological polar surface area (TPSA) is 26.3 Å². The number of esters is 1. The fraction of sp³-hybridized carbons (Fsp3) is 0.667. The molecular formula is C9H16O2. The summed E-state index contributed by atoms with van der Waals surface area (Å²) in [5.41, 5.74) is 1.24. The van der Waals surface area contributed by atoms with E-state index >= 15 is 0 Å². The van der Waals surface area contributed by atoms with E-state index in [0.29, 0.717) is 0 Å². The molecule has 0 aromatic rings. The lowest BCUT2D eigenvalue weighted by Crippen LogP contribution is -2.11. The zero-order chi connectivity index (χ0) is 8.85. The van der Waals surface area contributed by atoms with Gasteiger partial charge in [0.15, 0.2) is 0 Å². The van der Waals surface area contributed by atoms with Crippen LogP contribution in [0.3, 0.4) is 0 Å². The lowest BCUT2D eigenvalue weighted by molar-refractivity contribution is -0.144. The zero-order valence-electron chi connectivity index (χ0n) is 7.68. The van der Waals surface area contributed by atoms with Crippen molar-refractivity contribution in [3.63, 3.8) is 0 Å². The van der Waals surface area contributed by atoms with E-state index in [-0.39, 0.29) is 11.9 Å². The summed E-state index contributed by atoms with van der Waals surface area (Å²) in [6.07, 6.45) is 2.82. The van der Waals surface area contributed by atoms with Gasteiger partial charge in [-0.1, -0.05) is 18.6 Å². The van der Waals surface area contributed by atoms with E-state index < -0.39 is 0 Å². The Labute approximate surface area is 68.2 Å². The van der Waals surface area contributed by atoms with Gasteiger partial charge in [-0.15, -0.1) is 0 Å². The third-order valence-electron chi connectivity index (χ3n) is 1.48. The Bertz CT molecular complexity index is 155. The lowest BCUT2D eigenvalue weighted by atomic mass is 10.1. The van der Waals surface area contributed by atoms with E-state index in [9.17, 15) is 4.79 Å². The summed E-state index contributed by atoms with van der Waals surface area (Å²) in [6.45, 7) is 5.90. The third-order valence-corrected chi connectivity index (χ3v) is 1.48. The van der Waals surface area contributed by atoms with Crippen LogP contribution in [-0.4, -0.2) is 13.1 Å². The van der Waals surface area contributed by atoms with E-state index in [1.807, 2.05) is 26.8 Å². The maximum absolute atomic E-state index is 10.9. The van der Waals surface area contributed by atoms with Crippen molar-refractivity contribution in [3.05, 3.63) is 11.6 Å². The molecule has 0 aliphatic heterocycles. The van der Waals surface area contributed by atoms with Crippen LogP contribution in [0.4, 0.5) is 0 Å². The number of carbonyl (C=O) groups excluding carboxylic acids is 1. The van der Waals surface area contributed by atoms with Crippen molar-refractivity contribution in [1.29, 1.82) is 0 Å². The molecule has 0 saturated heterocycles. The number of rotatable bonds is 3. The number of methoxy groups -OCH3 is 1. The van der Waals surface area contributed by atoms with Crippen molar-refractivity contribution in [2.75, 3.05) is 7.11 Å². The van der Waals surface area contributed by atoms with Crippen LogP contribution in [0.1, 0.15) is 27.2 Å². The summed E-state index contributed by atoms with van der Waals surface area (Å²) in [5, 5.41) is 0. The fourth-order valence-electron chi connectivity index (χ4n) is 0.710. The summed E-state index contributed by atoms with van der Waals surface area (Å²) in [7, 11) is 1.42. The van der Waals surface area contributed by atoms with Crippen LogP contribution in [0.15, 0.2) is 11.6 Å². The Morgan fingerprint density at radius 2 is 2.09 bits per heavy atom. The molecule has 0 amide bonds. The van der Waals surface area contributed by atoms with Crippen LogP contribution in [-0.2, 0) is 9.53 Å². The predicted octanol–water partition coefficient (Wildman–Crippen LogP) is 2.15. The zero-order valence-corrected chi connectivity index (χ0v) is 7.68. The molecule has 0 aliphatic rings. The van der Waals surface area contributed by atoms with Crippen molar-refractivity contribution in [1.82, 2.24) is 0 Å². The largest absolute Gasteiger partial charge is 0.469 e. The number of carbonyl (C=O) groups is 1. The average molecular weight is 156 g/mol. The van der Waals surface area contributed by atoms with Gasteiger partial charge in [0.2, 0.25) is 0 Å². The van der Waals surface area contributed by atoms with E-state index in [2.05, 4.69) is 4.74 Å². The molecule has 0 saturated carbocycles. The van der Waals surface area contributed by atoms with Gasteiger partial charge in [0.25, 0.3) is 0 Å². The third kappa shape index (κ3) is 4.59. The van der Waals surface area contributed by atoms with Gasteiger partial charge < -0.3 is 4.74 Å². The molecule has 2 heteroatoms. The molecule has 0 aromatic heterocycles. The highest BCUT2D eigenvalue weighted by Gasteiger charge is 2.10. The van der Waals surface area contributed by atoms with Gasteiger partial charge in [0, 0.05) is 0 Å². The first kappa shape index (κ1) is 10.2.